The first-order valence-electron chi connectivity index (χ1n) is 11.2. The third-order valence-electron chi connectivity index (χ3n) is 5.55. The van der Waals surface area contributed by atoms with Gasteiger partial charge in [-0.3, -0.25) is 10.1 Å². The van der Waals surface area contributed by atoms with Crippen molar-refractivity contribution in [2.45, 2.75) is 40.2 Å². The molecule has 0 bridgehead atoms. The Balaban J connectivity index is 1.32. The lowest BCUT2D eigenvalue weighted by Gasteiger charge is -2.38. The summed E-state index contributed by atoms with van der Waals surface area (Å²) >= 11 is 0. The molecule has 12 heteroatoms. The number of likely N-dealkylation sites (tertiary alicyclic amines) is 1. The van der Waals surface area contributed by atoms with Crippen LogP contribution in [-0.2, 0) is 9.53 Å². The highest BCUT2D eigenvalue weighted by atomic mass is 19.1. The predicted molar refractivity (Wildman–Crippen MR) is 124 cm³/mol. The van der Waals surface area contributed by atoms with Crippen LogP contribution >= 0.6 is 0 Å². The van der Waals surface area contributed by atoms with Crippen molar-refractivity contribution in [3.63, 3.8) is 0 Å². The number of hydrogen-bond donors (Lipinski definition) is 1. The number of pyridine rings is 1. The zero-order chi connectivity index (χ0) is 25.1. The molecule has 5 heterocycles. The van der Waals surface area contributed by atoms with Gasteiger partial charge in [-0.05, 0) is 52.3 Å². The number of aryl methyl sites for hydroxylation is 2. The van der Waals surface area contributed by atoms with Crippen molar-refractivity contribution in [1.82, 2.24) is 34.1 Å². The van der Waals surface area contributed by atoms with Gasteiger partial charge in [-0.15, -0.1) is 5.10 Å². The van der Waals surface area contributed by atoms with Crippen molar-refractivity contribution >= 4 is 29.2 Å². The summed E-state index contributed by atoms with van der Waals surface area (Å²) in [6.07, 6.45) is 2.94. The molecule has 0 spiro atoms. The van der Waals surface area contributed by atoms with Crippen molar-refractivity contribution < 1.29 is 18.7 Å². The van der Waals surface area contributed by atoms with Gasteiger partial charge in [0.05, 0.1) is 23.5 Å². The summed E-state index contributed by atoms with van der Waals surface area (Å²) in [6, 6.07) is 3.16. The van der Waals surface area contributed by atoms with E-state index in [2.05, 4.69) is 25.5 Å². The van der Waals surface area contributed by atoms with Crippen molar-refractivity contribution in [3.05, 3.63) is 41.6 Å². The highest BCUT2D eigenvalue weighted by Crippen LogP contribution is 2.24. The van der Waals surface area contributed by atoms with E-state index in [1.54, 1.807) is 37.7 Å². The summed E-state index contributed by atoms with van der Waals surface area (Å²) in [5, 5.41) is 11.4. The summed E-state index contributed by atoms with van der Waals surface area (Å²) in [5.74, 6) is -1.39. The van der Waals surface area contributed by atoms with Crippen LogP contribution in [0.3, 0.4) is 0 Å². The normalized spacial score (nSPS) is 14.4. The van der Waals surface area contributed by atoms with Crippen LogP contribution in [-0.4, -0.2) is 64.8 Å². The lowest BCUT2D eigenvalue weighted by molar-refractivity contribution is -0.124. The fourth-order valence-electron chi connectivity index (χ4n) is 3.86. The zero-order valence-corrected chi connectivity index (χ0v) is 20.0. The standard InChI is InChI=1S/C23H25FN8O3/c1-12-6-17(28-31-8-13(2)25-18(12)31)14-7-16(24)19-26-21(29-32(19)11-14)27-20(33)15-9-30(10-15)22(34)35-23(3,4)5/h6-8,11,15H,9-10H2,1-5H3,(H,27,29,33). The van der Waals surface area contributed by atoms with Crippen LogP contribution in [0.5, 0.6) is 0 Å². The number of carbonyl (C=O) groups excluding carboxylic acids is 2. The molecule has 0 aromatic carbocycles. The number of nitrogens with one attached hydrogen (secondary N) is 1. The molecular weight excluding hydrogens is 455 g/mol. The second-order valence-corrected chi connectivity index (χ2v) is 9.71. The topological polar surface area (TPSA) is 119 Å². The van der Waals surface area contributed by atoms with Gasteiger partial charge in [-0.2, -0.15) is 10.1 Å². The van der Waals surface area contributed by atoms with Crippen molar-refractivity contribution in [2.75, 3.05) is 18.4 Å². The third-order valence-corrected chi connectivity index (χ3v) is 5.55. The van der Waals surface area contributed by atoms with Crippen LogP contribution in [0.2, 0.25) is 0 Å². The highest BCUT2D eigenvalue weighted by molar-refractivity contribution is 5.93. The van der Waals surface area contributed by atoms with E-state index in [9.17, 15) is 14.0 Å². The minimum Gasteiger partial charge on any atom is -0.444 e. The SMILES string of the molecule is Cc1cn2nc(-c3cc(F)c4nc(NC(=O)C5CN(C(=O)OC(C)(C)C)C5)nn4c3)cc(C)c2n1. The van der Waals surface area contributed by atoms with Crippen LogP contribution in [0.15, 0.2) is 24.5 Å². The second-order valence-electron chi connectivity index (χ2n) is 9.71. The Morgan fingerprint density at radius 3 is 2.49 bits per heavy atom. The Labute approximate surface area is 199 Å². The van der Waals surface area contributed by atoms with Crippen LogP contribution in [0.4, 0.5) is 15.1 Å². The number of rotatable bonds is 3. The number of anilines is 1. The molecule has 1 aliphatic rings. The molecule has 11 nitrogen and oxygen atoms in total. The van der Waals surface area contributed by atoms with E-state index in [1.807, 2.05) is 19.9 Å². The number of halogens is 1. The van der Waals surface area contributed by atoms with Crippen LogP contribution in [0.1, 0.15) is 32.0 Å². The number of carbonyl (C=O) groups is 2. The maximum Gasteiger partial charge on any atom is 0.410 e. The van der Waals surface area contributed by atoms with Gasteiger partial charge >= 0.3 is 6.09 Å². The van der Waals surface area contributed by atoms with E-state index < -0.39 is 23.4 Å². The van der Waals surface area contributed by atoms with E-state index in [1.165, 1.54) is 15.5 Å². The maximum atomic E-state index is 14.9. The first kappa shape index (κ1) is 22.7. The van der Waals surface area contributed by atoms with Gasteiger partial charge < -0.3 is 9.64 Å². The monoisotopic (exact) mass is 480 g/mol. The van der Waals surface area contributed by atoms with Crippen LogP contribution in [0.25, 0.3) is 22.6 Å². The average molecular weight is 481 g/mol. The Bertz CT molecular complexity index is 1480. The van der Waals surface area contributed by atoms with Gasteiger partial charge in [0.25, 0.3) is 0 Å². The second kappa shape index (κ2) is 8.00. The first-order valence-corrected chi connectivity index (χ1v) is 11.2. The summed E-state index contributed by atoms with van der Waals surface area (Å²) in [4.78, 5) is 34.6. The molecule has 1 fully saturated rings. The van der Waals surface area contributed by atoms with Crippen molar-refractivity contribution in [3.8, 4) is 11.3 Å². The van der Waals surface area contributed by atoms with E-state index in [0.29, 0.717) is 11.3 Å². The molecule has 4 aromatic rings. The fourth-order valence-corrected chi connectivity index (χ4v) is 3.86. The summed E-state index contributed by atoms with van der Waals surface area (Å²) in [5.41, 5.74) is 2.88. The number of hydrogen-bond acceptors (Lipinski definition) is 7. The molecule has 0 atom stereocenters. The zero-order valence-electron chi connectivity index (χ0n) is 20.0. The largest absolute Gasteiger partial charge is 0.444 e. The smallest absolute Gasteiger partial charge is 0.410 e. The fraction of sp³-hybridized carbons (Fsp3) is 0.391. The average Bonchev–Trinajstić information content (AvgIpc) is 3.28. The van der Waals surface area contributed by atoms with Gasteiger partial charge in [0.1, 0.15) is 5.60 Å². The summed E-state index contributed by atoms with van der Waals surface area (Å²) in [7, 11) is 0. The van der Waals surface area contributed by atoms with Gasteiger partial charge in [-0.25, -0.2) is 23.2 Å². The van der Waals surface area contributed by atoms with Crippen molar-refractivity contribution in [1.29, 1.82) is 0 Å². The number of amides is 2. The lowest BCUT2D eigenvalue weighted by atomic mass is 10.00. The number of imidazole rings is 1. The summed E-state index contributed by atoms with van der Waals surface area (Å²) in [6.45, 7) is 9.59. The minimum absolute atomic E-state index is 0.0217. The minimum atomic E-state index is -0.606. The first-order chi connectivity index (χ1) is 16.5. The molecule has 1 aliphatic heterocycles. The molecule has 1 saturated heterocycles. The van der Waals surface area contributed by atoms with Crippen LogP contribution in [0, 0.1) is 25.6 Å². The van der Waals surface area contributed by atoms with Gasteiger partial charge in [0, 0.05) is 24.8 Å². The molecule has 0 aliphatic carbocycles. The molecule has 0 radical (unpaired) electrons. The summed E-state index contributed by atoms with van der Waals surface area (Å²) < 4.78 is 23.1. The van der Waals surface area contributed by atoms with Gasteiger partial charge in [0.2, 0.25) is 11.9 Å². The van der Waals surface area contributed by atoms with Gasteiger partial charge in [0.15, 0.2) is 17.1 Å². The third kappa shape index (κ3) is 4.38. The Hall–Kier alpha value is -4.09. The van der Waals surface area contributed by atoms with Gasteiger partial charge in [-0.1, -0.05) is 0 Å². The van der Waals surface area contributed by atoms with E-state index >= 15 is 0 Å². The number of nitrogens with zero attached hydrogens (tertiary/aromatic N) is 7. The Morgan fingerprint density at radius 2 is 1.77 bits per heavy atom. The molecule has 4 aromatic heterocycles. The molecule has 0 saturated carbocycles. The lowest BCUT2D eigenvalue weighted by Crippen LogP contribution is -2.55. The van der Waals surface area contributed by atoms with E-state index in [4.69, 9.17) is 4.74 Å². The Morgan fingerprint density at radius 1 is 1.06 bits per heavy atom. The quantitative estimate of drug-likeness (QED) is 0.479. The molecule has 2 amide bonds. The number of ether oxygens (including phenoxy) is 1. The molecule has 35 heavy (non-hydrogen) atoms. The maximum absolute atomic E-state index is 14.9. The van der Waals surface area contributed by atoms with E-state index in [0.717, 1.165) is 16.9 Å². The molecule has 0 unspecified atom stereocenters. The molecule has 5 rings (SSSR count). The van der Waals surface area contributed by atoms with Crippen molar-refractivity contribution in [2.24, 2.45) is 5.92 Å². The van der Waals surface area contributed by atoms with Crippen LogP contribution < -0.4 is 5.32 Å². The molecule has 1 N–H and O–H groups in total. The predicted octanol–water partition coefficient (Wildman–Crippen LogP) is 3.00. The number of fused-ring (bicyclic) bond motifs is 2. The Kier molecular flexibility index (Phi) is 5.18. The molecule has 182 valence electrons. The molecular formula is C23H25FN8O3. The highest BCUT2D eigenvalue weighted by Gasteiger charge is 2.38. The number of aromatic nitrogens is 6. The van der Waals surface area contributed by atoms with E-state index in [-0.39, 0.29) is 30.6 Å².